The number of alkyl halides is 2. The van der Waals surface area contributed by atoms with E-state index in [1.54, 1.807) is 0 Å². The summed E-state index contributed by atoms with van der Waals surface area (Å²) in [5.74, 6) is -6.61. The minimum absolute atomic E-state index is 0.0916. The molecule has 1 atom stereocenters. The Balaban J connectivity index is 4.62. The largest absolute Gasteiger partial charge is 0.477 e. The molecule has 82 valence electrons. The number of aliphatic carboxylic acids is 1. The van der Waals surface area contributed by atoms with Crippen molar-refractivity contribution in [2.24, 2.45) is 5.92 Å². The van der Waals surface area contributed by atoms with Crippen molar-refractivity contribution >= 4 is 5.97 Å². The van der Waals surface area contributed by atoms with Gasteiger partial charge in [0.25, 0.3) is 0 Å². The maximum Gasteiger partial charge on any atom is 0.377 e. The van der Waals surface area contributed by atoms with Gasteiger partial charge in [-0.1, -0.05) is 19.9 Å². The van der Waals surface area contributed by atoms with E-state index in [4.69, 9.17) is 9.84 Å². The molecule has 1 N–H and O–H groups in total. The molecular formula is C9H14F2O3. The fourth-order valence-electron chi connectivity index (χ4n) is 1.01. The van der Waals surface area contributed by atoms with Crippen LogP contribution in [0.1, 0.15) is 13.8 Å². The lowest BCUT2D eigenvalue weighted by Crippen LogP contribution is -2.46. The first-order chi connectivity index (χ1) is 6.34. The molecule has 14 heavy (non-hydrogen) atoms. The van der Waals surface area contributed by atoms with Gasteiger partial charge < -0.3 is 9.84 Å². The number of carboxylic acid groups (broad SMARTS) is 1. The van der Waals surface area contributed by atoms with Crippen LogP contribution in [0.25, 0.3) is 0 Å². The first-order valence-electron chi connectivity index (χ1n) is 4.17. The second kappa shape index (κ2) is 5.05. The minimum atomic E-state index is -3.86. The summed E-state index contributed by atoms with van der Waals surface area (Å²) < 4.78 is 30.8. The van der Waals surface area contributed by atoms with Crippen LogP contribution in [0.2, 0.25) is 0 Å². The van der Waals surface area contributed by atoms with Crippen LogP contribution >= 0.6 is 0 Å². The number of halogens is 2. The van der Waals surface area contributed by atoms with Gasteiger partial charge in [0.05, 0.1) is 6.61 Å². The Hall–Kier alpha value is -0.970. The van der Waals surface area contributed by atoms with Gasteiger partial charge in [0.1, 0.15) is 6.10 Å². The van der Waals surface area contributed by atoms with E-state index in [1.165, 1.54) is 19.9 Å². The van der Waals surface area contributed by atoms with Gasteiger partial charge in [-0.15, -0.1) is 6.58 Å². The summed E-state index contributed by atoms with van der Waals surface area (Å²) in [6, 6.07) is 0. The van der Waals surface area contributed by atoms with Crippen molar-refractivity contribution in [3.05, 3.63) is 12.7 Å². The standard InChI is InChI=1S/C9H14F2O3/c1-4-5-14-7(6(2)3)9(10,11)8(12)13/h4,6-7H,1,5H2,2-3H3,(H,12,13). The zero-order valence-corrected chi connectivity index (χ0v) is 8.17. The third-order valence-corrected chi connectivity index (χ3v) is 1.64. The molecule has 0 saturated heterocycles. The summed E-state index contributed by atoms with van der Waals surface area (Å²) in [6.45, 7) is 6.16. The van der Waals surface area contributed by atoms with Crippen LogP contribution in [0.15, 0.2) is 12.7 Å². The molecule has 0 aliphatic carbocycles. The van der Waals surface area contributed by atoms with Crippen molar-refractivity contribution in [2.45, 2.75) is 25.9 Å². The fourth-order valence-corrected chi connectivity index (χ4v) is 1.01. The Morgan fingerprint density at radius 2 is 2.14 bits per heavy atom. The maximum atomic E-state index is 13.0. The van der Waals surface area contributed by atoms with Gasteiger partial charge >= 0.3 is 11.9 Å². The molecule has 0 aromatic heterocycles. The zero-order chi connectivity index (χ0) is 11.4. The van der Waals surface area contributed by atoms with Gasteiger partial charge in [-0.25, -0.2) is 4.79 Å². The summed E-state index contributed by atoms with van der Waals surface area (Å²) in [5, 5.41) is 8.30. The SMILES string of the molecule is C=CCOC(C(C)C)C(F)(F)C(=O)O. The average molecular weight is 208 g/mol. The van der Waals surface area contributed by atoms with E-state index < -0.39 is 23.9 Å². The first-order valence-corrected chi connectivity index (χ1v) is 4.17. The lowest BCUT2D eigenvalue weighted by Gasteiger charge is -2.26. The molecular weight excluding hydrogens is 194 g/mol. The van der Waals surface area contributed by atoms with Gasteiger partial charge in [-0.3, -0.25) is 0 Å². The molecule has 0 rings (SSSR count). The van der Waals surface area contributed by atoms with Crippen molar-refractivity contribution in [2.75, 3.05) is 6.61 Å². The highest BCUT2D eigenvalue weighted by atomic mass is 19.3. The van der Waals surface area contributed by atoms with E-state index in [2.05, 4.69) is 6.58 Å². The molecule has 0 radical (unpaired) electrons. The highest BCUT2D eigenvalue weighted by molar-refractivity contribution is 5.76. The molecule has 3 nitrogen and oxygen atoms in total. The third-order valence-electron chi connectivity index (χ3n) is 1.64. The third kappa shape index (κ3) is 3.06. The molecule has 0 fully saturated rings. The van der Waals surface area contributed by atoms with Crippen molar-refractivity contribution in [3.63, 3.8) is 0 Å². The highest BCUT2D eigenvalue weighted by Crippen LogP contribution is 2.27. The summed E-state index contributed by atoms with van der Waals surface area (Å²) in [6.07, 6.45) is -0.328. The number of carbonyl (C=O) groups is 1. The van der Waals surface area contributed by atoms with Gasteiger partial charge in [-0.2, -0.15) is 8.78 Å². The van der Waals surface area contributed by atoms with Crippen LogP contribution in [0.5, 0.6) is 0 Å². The maximum absolute atomic E-state index is 13.0. The molecule has 0 aliphatic rings. The number of ether oxygens (including phenoxy) is 1. The summed E-state index contributed by atoms with van der Waals surface area (Å²) in [7, 11) is 0. The second-order valence-corrected chi connectivity index (χ2v) is 3.21. The first kappa shape index (κ1) is 13.0. The Labute approximate surface area is 81.4 Å². The molecule has 0 spiro atoms. The van der Waals surface area contributed by atoms with E-state index >= 15 is 0 Å². The van der Waals surface area contributed by atoms with E-state index in [-0.39, 0.29) is 6.61 Å². The second-order valence-electron chi connectivity index (χ2n) is 3.21. The van der Waals surface area contributed by atoms with E-state index in [0.717, 1.165) is 0 Å². The van der Waals surface area contributed by atoms with Crippen molar-refractivity contribution in [1.29, 1.82) is 0 Å². The molecule has 1 unspecified atom stereocenters. The molecule has 0 amide bonds. The van der Waals surface area contributed by atoms with E-state index in [9.17, 15) is 13.6 Å². The minimum Gasteiger partial charge on any atom is -0.477 e. The topological polar surface area (TPSA) is 46.5 Å². The van der Waals surface area contributed by atoms with Gasteiger partial charge in [0.15, 0.2) is 0 Å². The van der Waals surface area contributed by atoms with Crippen LogP contribution in [0.3, 0.4) is 0 Å². The van der Waals surface area contributed by atoms with Crippen molar-refractivity contribution in [1.82, 2.24) is 0 Å². The van der Waals surface area contributed by atoms with Crippen molar-refractivity contribution < 1.29 is 23.4 Å². The highest BCUT2D eigenvalue weighted by Gasteiger charge is 2.49. The molecule has 0 bridgehead atoms. The van der Waals surface area contributed by atoms with Crippen molar-refractivity contribution in [3.8, 4) is 0 Å². The number of hydrogen-bond acceptors (Lipinski definition) is 2. The average Bonchev–Trinajstić information content (AvgIpc) is 2.03. The number of rotatable bonds is 6. The normalized spacial score (nSPS) is 14.1. The Morgan fingerprint density at radius 1 is 1.64 bits per heavy atom. The predicted molar refractivity (Wildman–Crippen MR) is 47.4 cm³/mol. The fraction of sp³-hybridized carbons (Fsp3) is 0.667. The molecule has 0 saturated carbocycles. The number of carboxylic acids is 1. The van der Waals surface area contributed by atoms with E-state index in [0.29, 0.717) is 0 Å². The van der Waals surface area contributed by atoms with Gasteiger partial charge in [-0.05, 0) is 5.92 Å². The lowest BCUT2D eigenvalue weighted by atomic mass is 10.0. The smallest absolute Gasteiger partial charge is 0.377 e. The van der Waals surface area contributed by atoms with Crippen LogP contribution in [0.4, 0.5) is 8.78 Å². The monoisotopic (exact) mass is 208 g/mol. The summed E-state index contributed by atoms with van der Waals surface area (Å²) in [5.41, 5.74) is 0. The Kier molecular flexibility index (Phi) is 4.70. The van der Waals surface area contributed by atoms with Crippen LogP contribution < -0.4 is 0 Å². The predicted octanol–water partition coefficient (Wildman–Crippen LogP) is 1.93. The molecule has 0 aromatic rings. The summed E-state index contributed by atoms with van der Waals surface area (Å²) >= 11 is 0. The molecule has 0 aliphatic heterocycles. The Bertz CT molecular complexity index is 214. The van der Waals surface area contributed by atoms with Crippen LogP contribution in [-0.4, -0.2) is 29.7 Å². The quantitative estimate of drug-likeness (QED) is 0.678. The molecule has 0 aromatic carbocycles. The molecule has 0 heterocycles. The zero-order valence-electron chi connectivity index (χ0n) is 8.17. The van der Waals surface area contributed by atoms with Gasteiger partial charge in [0, 0.05) is 0 Å². The lowest BCUT2D eigenvalue weighted by molar-refractivity contribution is -0.193. The van der Waals surface area contributed by atoms with Gasteiger partial charge in [0.2, 0.25) is 0 Å². The van der Waals surface area contributed by atoms with Crippen LogP contribution in [-0.2, 0) is 9.53 Å². The molecule has 5 heteroatoms. The number of hydrogen-bond donors (Lipinski definition) is 1. The summed E-state index contributed by atoms with van der Waals surface area (Å²) in [4.78, 5) is 10.3. The Morgan fingerprint density at radius 3 is 2.43 bits per heavy atom. The van der Waals surface area contributed by atoms with E-state index in [1.807, 2.05) is 0 Å². The van der Waals surface area contributed by atoms with Crippen LogP contribution in [0, 0.1) is 5.92 Å².